The van der Waals surface area contributed by atoms with Crippen molar-refractivity contribution in [1.82, 2.24) is 5.32 Å². The second-order valence-electron chi connectivity index (χ2n) is 5.82. The lowest BCUT2D eigenvalue weighted by molar-refractivity contribution is -0.384. The van der Waals surface area contributed by atoms with Crippen LogP contribution in [0, 0.1) is 16.0 Å². The van der Waals surface area contributed by atoms with Gasteiger partial charge >= 0.3 is 0 Å². The fourth-order valence-electron chi connectivity index (χ4n) is 3.09. The third-order valence-electron chi connectivity index (χ3n) is 4.45. The first-order valence-corrected chi connectivity index (χ1v) is 7.66. The topological polar surface area (TPSA) is 64.4 Å². The van der Waals surface area contributed by atoms with Crippen molar-refractivity contribution in [3.05, 3.63) is 33.9 Å². The van der Waals surface area contributed by atoms with Crippen LogP contribution in [-0.2, 0) is 6.54 Å². The summed E-state index contributed by atoms with van der Waals surface area (Å²) >= 11 is 0. The van der Waals surface area contributed by atoms with Gasteiger partial charge in [0.2, 0.25) is 0 Å². The molecular formula is C16H24N2O3. The molecule has 1 aromatic rings. The van der Waals surface area contributed by atoms with Crippen LogP contribution in [0.3, 0.4) is 0 Å². The van der Waals surface area contributed by atoms with Crippen molar-refractivity contribution in [2.75, 3.05) is 7.11 Å². The fourth-order valence-corrected chi connectivity index (χ4v) is 3.09. The number of hydrogen-bond acceptors (Lipinski definition) is 4. The van der Waals surface area contributed by atoms with Crippen LogP contribution in [0.4, 0.5) is 5.69 Å². The zero-order valence-electron chi connectivity index (χ0n) is 12.8. The molecule has 1 atom stereocenters. The highest BCUT2D eigenvalue weighted by molar-refractivity contribution is 5.43. The Hall–Kier alpha value is -1.62. The van der Waals surface area contributed by atoms with Crippen molar-refractivity contribution in [1.29, 1.82) is 0 Å². The molecule has 0 heterocycles. The lowest BCUT2D eigenvalue weighted by atomic mass is 9.84. The largest absolute Gasteiger partial charge is 0.496 e. The summed E-state index contributed by atoms with van der Waals surface area (Å²) in [6.45, 7) is 2.81. The minimum absolute atomic E-state index is 0.109. The quantitative estimate of drug-likeness (QED) is 0.642. The molecule has 1 N–H and O–H groups in total. The Morgan fingerprint density at radius 3 is 2.71 bits per heavy atom. The molecule has 0 spiro atoms. The molecule has 2 rings (SSSR count). The van der Waals surface area contributed by atoms with E-state index in [0.29, 0.717) is 24.3 Å². The highest BCUT2D eigenvalue weighted by Crippen LogP contribution is 2.28. The summed E-state index contributed by atoms with van der Waals surface area (Å²) in [5.74, 6) is 1.41. The van der Waals surface area contributed by atoms with Crippen molar-refractivity contribution in [3.8, 4) is 5.75 Å². The summed E-state index contributed by atoms with van der Waals surface area (Å²) in [7, 11) is 1.59. The Labute approximate surface area is 125 Å². The van der Waals surface area contributed by atoms with E-state index >= 15 is 0 Å². The van der Waals surface area contributed by atoms with Crippen LogP contribution in [0.1, 0.15) is 44.6 Å². The van der Waals surface area contributed by atoms with Gasteiger partial charge in [-0.25, -0.2) is 0 Å². The van der Waals surface area contributed by atoms with Gasteiger partial charge in [0.1, 0.15) is 5.75 Å². The summed E-state index contributed by atoms with van der Waals surface area (Å²) in [5, 5.41) is 14.4. The lowest BCUT2D eigenvalue weighted by Crippen LogP contribution is -2.34. The summed E-state index contributed by atoms with van der Waals surface area (Å²) in [6.07, 6.45) is 6.54. The van der Waals surface area contributed by atoms with Crippen molar-refractivity contribution in [2.24, 2.45) is 5.92 Å². The predicted octanol–water partition coefficient (Wildman–Crippen LogP) is 3.66. The SMILES string of the molecule is COc1ccc([N+](=O)[O-])cc1CN[C@H](C)C1CCCCC1. The molecule has 1 aliphatic rings. The van der Waals surface area contributed by atoms with Gasteiger partial charge in [0.15, 0.2) is 0 Å². The number of nitro benzene ring substituents is 1. The van der Waals surface area contributed by atoms with E-state index in [1.807, 2.05) is 0 Å². The van der Waals surface area contributed by atoms with Gasteiger partial charge in [0.05, 0.1) is 12.0 Å². The molecule has 5 heteroatoms. The molecule has 21 heavy (non-hydrogen) atoms. The maximum Gasteiger partial charge on any atom is 0.270 e. The minimum atomic E-state index is -0.368. The smallest absolute Gasteiger partial charge is 0.270 e. The number of benzene rings is 1. The maximum atomic E-state index is 10.9. The molecule has 1 aromatic carbocycles. The van der Waals surface area contributed by atoms with Gasteiger partial charge in [-0.3, -0.25) is 10.1 Å². The highest BCUT2D eigenvalue weighted by atomic mass is 16.6. The Kier molecular flexibility index (Phi) is 5.56. The van der Waals surface area contributed by atoms with E-state index in [-0.39, 0.29) is 10.6 Å². The standard InChI is InChI=1S/C16H24N2O3/c1-12(13-6-4-3-5-7-13)17-11-14-10-15(18(19)20)8-9-16(14)21-2/h8-10,12-13,17H,3-7,11H2,1-2H3/t12-/m1/s1. The van der Waals surface area contributed by atoms with Crippen LogP contribution < -0.4 is 10.1 Å². The number of methoxy groups -OCH3 is 1. The number of non-ortho nitro benzene ring substituents is 1. The molecule has 0 unspecified atom stereocenters. The van der Waals surface area contributed by atoms with E-state index in [0.717, 1.165) is 5.56 Å². The Morgan fingerprint density at radius 1 is 1.38 bits per heavy atom. The average Bonchev–Trinajstić information content (AvgIpc) is 2.53. The van der Waals surface area contributed by atoms with E-state index < -0.39 is 0 Å². The fraction of sp³-hybridized carbons (Fsp3) is 0.625. The van der Waals surface area contributed by atoms with Gasteiger partial charge in [-0.05, 0) is 31.7 Å². The van der Waals surface area contributed by atoms with Crippen molar-refractivity contribution in [3.63, 3.8) is 0 Å². The molecule has 1 saturated carbocycles. The van der Waals surface area contributed by atoms with E-state index in [1.54, 1.807) is 19.2 Å². The highest BCUT2D eigenvalue weighted by Gasteiger charge is 2.20. The van der Waals surface area contributed by atoms with Gasteiger partial charge in [-0.15, -0.1) is 0 Å². The van der Waals surface area contributed by atoms with E-state index in [1.165, 1.54) is 38.2 Å². The van der Waals surface area contributed by atoms with E-state index in [9.17, 15) is 10.1 Å². The van der Waals surface area contributed by atoms with Crippen LogP contribution in [-0.4, -0.2) is 18.1 Å². The van der Waals surface area contributed by atoms with Crippen molar-refractivity contribution in [2.45, 2.75) is 51.6 Å². The summed E-state index contributed by atoms with van der Waals surface area (Å²) < 4.78 is 5.30. The number of nitro groups is 1. The Bertz CT molecular complexity index is 484. The number of ether oxygens (including phenoxy) is 1. The minimum Gasteiger partial charge on any atom is -0.496 e. The van der Waals surface area contributed by atoms with Crippen LogP contribution >= 0.6 is 0 Å². The molecule has 5 nitrogen and oxygen atoms in total. The maximum absolute atomic E-state index is 10.9. The zero-order valence-corrected chi connectivity index (χ0v) is 12.8. The second kappa shape index (κ2) is 7.41. The molecule has 0 bridgehead atoms. The first-order valence-electron chi connectivity index (χ1n) is 7.66. The van der Waals surface area contributed by atoms with Gasteiger partial charge in [-0.1, -0.05) is 19.3 Å². The van der Waals surface area contributed by atoms with Gasteiger partial charge in [0.25, 0.3) is 5.69 Å². The number of nitrogens with one attached hydrogen (secondary N) is 1. The van der Waals surface area contributed by atoms with Crippen molar-refractivity contribution < 1.29 is 9.66 Å². The lowest BCUT2D eigenvalue weighted by Gasteiger charge is -2.28. The van der Waals surface area contributed by atoms with Gasteiger partial charge in [0, 0.05) is 30.3 Å². The Balaban J connectivity index is 2.00. The first-order chi connectivity index (χ1) is 10.1. The molecule has 0 radical (unpaired) electrons. The number of nitrogens with zero attached hydrogens (tertiary/aromatic N) is 1. The third-order valence-corrected chi connectivity index (χ3v) is 4.45. The first kappa shape index (κ1) is 15.8. The molecule has 0 saturated heterocycles. The summed E-state index contributed by atoms with van der Waals surface area (Å²) in [6, 6.07) is 5.17. The molecule has 116 valence electrons. The summed E-state index contributed by atoms with van der Waals surface area (Å²) in [5.41, 5.74) is 0.951. The van der Waals surface area contributed by atoms with Crippen molar-refractivity contribution >= 4 is 5.69 Å². The molecule has 0 aromatic heterocycles. The summed E-state index contributed by atoms with van der Waals surface area (Å²) in [4.78, 5) is 10.5. The van der Waals surface area contributed by atoms with Crippen LogP contribution in [0.25, 0.3) is 0 Å². The monoisotopic (exact) mass is 292 g/mol. The van der Waals surface area contributed by atoms with E-state index in [2.05, 4.69) is 12.2 Å². The molecule has 0 amide bonds. The molecular weight excluding hydrogens is 268 g/mol. The normalized spacial score (nSPS) is 17.4. The number of hydrogen-bond donors (Lipinski definition) is 1. The van der Waals surface area contributed by atoms with Crippen LogP contribution in [0.5, 0.6) is 5.75 Å². The van der Waals surface area contributed by atoms with E-state index in [4.69, 9.17) is 4.74 Å². The second-order valence-corrected chi connectivity index (χ2v) is 5.82. The molecule has 1 aliphatic carbocycles. The van der Waals surface area contributed by atoms with Gasteiger partial charge in [-0.2, -0.15) is 0 Å². The zero-order chi connectivity index (χ0) is 15.2. The molecule has 1 fully saturated rings. The predicted molar refractivity (Wildman–Crippen MR) is 82.5 cm³/mol. The van der Waals surface area contributed by atoms with Crippen LogP contribution in [0.15, 0.2) is 18.2 Å². The van der Waals surface area contributed by atoms with Crippen LogP contribution in [0.2, 0.25) is 0 Å². The number of rotatable bonds is 6. The third kappa shape index (κ3) is 4.17. The average molecular weight is 292 g/mol. The van der Waals surface area contributed by atoms with Gasteiger partial charge < -0.3 is 10.1 Å². The molecule has 0 aliphatic heterocycles. The Morgan fingerprint density at radius 2 is 2.10 bits per heavy atom.